The first-order valence-electron chi connectivity index (χ1n) is 13.0. The molecule has 3 amide bonds. The fraction of sp³-hybridized carbons (Fsp3) is 0.0625. The highest BCUT2D eigenvalue weighted by Gasteiger charge is 2.16. The number of nitrogens with one attached hydrogen (secondary N) is 3. The molecular formula is C32H25ClN4O4S2. The number of benzene rings is 4. The zero-order valence-corrected chi connectivity index (χ0v) is 25.2. The van der Waals surface area contributed by atoms with Crippen LogP contribution in [-0.2, 0) is 9.59 Å². The first-order valence-corrected chi connectivity index (χ1v) is 15.2. The molecule has 0 bridgehead atoms. The Balaban J connectivity index is 1.20. The van der Waals surface area contributed by atoms with Crippen molar-refractivity contribution in [3.05, 3.63) is 119 Å². The summed E-state index contributed by atoms with van der Waals surface area (Å²) in [4.78, 5) is 43.9. The minimum absolute atomic E-state index is 0.0551. The van der Waals surface area contributed by atoms with E-state index in [1.807, 2.05) is 18.2 Å². The maximum Gasteiger partial charge on any atom is 0.272 e. The van der Waals surface area contributed by atoms with Crippen LogP contribution >= 0.6 is 34.7 Å². The topological polar surface area (TPSA) is 109 Å². The molecule has 0 radical (unpaired) electrons. The van der Waals surface area contributed by atoms with Crippen molar-refractivity contribution in [1.29, 1.82) is 0 Å². The minimum atomic E-state index is -0.502. The molecule has 5 rings (SSSR count). The SMILES string of the molecule is COc1ccc2nc(NC(=O)CSc3ccc(NC(=O)/C(=C/c4cccc(Cl)c4)NC(=O)c4ccccc4)cc3)sc2c1. The summed E-state index contributed by atoms with van der Waals surface area (Å²) in [5, 5.41) is 9.39. The van der Waals surface area contributed by atoms with E-state index in [1.165, 1.54) is 23.1 Å². The van der Waals surface area contributed by atoms with Crippen LogP contribution in [0.15, 0.2) is 108 Å². The number of carbonyl (C=O) groups is 3. The number of fused-ring (bicyclic) bond motifs is 1. The van der Waals surface area contributed by atoms with E-state index in [4.69, 9.17) is 16.3 Å². The Morgan fingerprint density at radius 3 is 2.47 bits per heavy atom. The van der Waals surface area contributed by atoms with Crippen molar-refractivity contribution in [2.24, 2.45) is 0 Å². The van der Waals surface area contributed by atoms with Crippen molar-refractivity contribution >= 4 is 79.5 Å². The molecule has 5 aromatic rings. The van der Waals surface area contributed by atoms with Gasteiger partial charge in [0.2, 0.25) is 5.91 Å². The van der Waals surface area contributed by atoms with Crippen LogP contribution in [0.4, 0.5) is 10.8 Å². The Labute approximate surface area is 261 Å². The molecule has 43 heavy (non-hydrogen) atoms. The molecule has 3 N–H and O–H groups in total. The second-order valence-electron chi connectivity index (χ2n) is 9.10. The van der Waals surface area contributed by atoms with E-state index in [-0.39, 0.29) is 17.4 Å². The quantitative estimate of drug-likeness (QED) is 0.112. The average Bonchev–Trinajstić information content (AvgIpc) is 3.42. The fourth-order valence-electron chi connectivity index (χ4n) is 3.93. The smallest absolute Gasteiger partial charge is 0.272 e. The van der Waals surface area contributed by atoms with Crippen LogP contribution in [0.3, 0.4) is 0 Å². The molecule has 0 fully saturated rings. The number of hydrogen-bond donors (Lipinski definition) is 3. The summed E-state index contributed by atoms with van der Waals surface area (Å²) in [7, 11) is 1.60. The van der Waals surface area contributed by atoms with Crippen molar-refractivity contribution in [3.63, 3.8) is 0 Å². The van der Waals surface area contributed by atoms with Crippen molar-refractivity contribution in [1.82, 2.24) is 10.3 Å². The van der Waals surface area contributed by atoms with Crippen LogP contribution in [0.5, 0.6) is 5.75 Å². The summed E-state index contributed by atoms with van der Waals surface area (Å²) in [6.45, 7) is 0. The molecule has 11 heteroatoms. The van der Waals surface area contributed by atoms with Crippen molar-refractivity contribution < 1.29 is 19.1 Å². The molecule has 0 aliphatic rings. The van der Waals surface area contributed by atoms with Gasteiger partial charge in [-0.2, -0.15) is 0 Å². The Bertz CT molecular complexity index is 1810. The predicted octanol–water partition coefficient (Wildman–Crippen LogP) is 7.10. The second kappa shape index (κ2) is 14.0. The van der Waals surface area contributed by atoms with Gasteiger partial charge in [-0.15, -0.1) is 11.8 Å². The van der Waals surface area contributed by atoms with Crippen LogP contribution in [0, 0.1) is 0 Å². The zero-order valence-electron chi connectivity index (χ0n) is 22.8. The molecule has 4 aromatic carbocycles. The highest BCUT2D eigenvalue weighted by atomic mass is 35.5. The van der Waals surface area contributed by atoms with Gasteiger partial charge in [-0.1, -0.05) is 53.3 Å². The zero-order chi connectivity index (χ0) is 30.2. The average molecular weight is 629 g/mol. The van der Waals surface area contributed by atoms with E-state index in [1.54, 1.807) is 92.0 Å². The molecular weight excluding hydrogens is 604 g/mol. The van der Waals surface area contributed by atoms with E-state index >= 15 is 0 Å². The van der Waals surface area contributed by atoms with E-state index in [9.17, 15) is 14.4 Å². The fourth-order valence-corrected chi connectivity index (χ4v) is 5.74. The van der Waals surface area contributed by atoms with Gasteiger partial charge >= 0.3 is 0 Å². The molecule has 216 valence electrons. The predicted molar refractivity (Wildman–Crippen MR) is 174 cm³/mol. The minimum Gasteiger partial charge on any atom is -0.497 e. The lowest BCUT2D eigenvalue weighted by molar-refractivity contribution is -0.114. The molecule has 0 aliphatic carbocycles. The van der Waals surface area contributed by atoms with Crippen LogP contribution < -0.4 is 20.7 Å². The number of halogens is 1. The van der Waals surface area contributed by atoms with Gasteiger partial charge in [-0.25, -0.2) is 4.98 Å². The number of carbonyl (C=O) groups excluding carboxylic acids is 3. The number of methoxy groups -OCH3 is 1. The van der Waals surface area contributed by atoms with Gasteiger partial charge in [0.1, 0.15) is 11.4 Å². The normalized spacial score (nSPS) is 11.2. The summed E-state index contributed by atoms with van der Waals surface area (Å²) >= 11 is 8.85. The van der Waals surface area contributed by atoms with Gasteiger partial charge in [0.15, 0.2) is 5.13 Å². The third-order valence-electron chi connectivity index (χ3n) is 6.01. The molecule has 1 heterocycles. The number of nitrogens with zero attached hydrogens (tertiary/aromatic N) is 1. The third-order valence-corrected chi connectivity index (χ3v) is 8.19. The molecule has 0 saturated carbocycles. The van der Waals surface area contributed by atoms with Crippen LogP contribution in [-0.4, -0.2) is 35.6 Å². The van der Waals surface area contributed by atoms with Gasteiger partial charge in [-0.05, 0) is 78.4 Å². The number of thiazole rings is 1. The summed E-state index contributed by atoms with van der Waals surface area (Å²) < 4.78 is 6.16. The van der Waals surface area contributed by atoms with Crippen LogP contribution in [0.1, 0.15) is 15.9 Å². The van der Waals surface area contributed by atoms with Gasteiger partial charge in [0.05, 0.1) is 23.1 Å². The first-order chi connectivity index (χ1) is 20.9. The Morgan fingerprint density at radius 2 is 1.72 bits per heavy atom. The lowest BCUT2D eigenvalue weighted by Crippen LogP contribution is -2.30. The molecule has 0 spiro atoms. The van der Waals surface area contributed by atoms with Crippen molar-refractivity contribution in [3.8, 4) is 5.75 Å². The summed E-state index contributed by atoms with van der Waals surface area (Å²) in [6.07, 6.45) is 1.56. The van der Waals surface area contributed by atoms with E-state index in [0.717, 1.165) is 20.9 Å². The lowest BCUT2D eigenvalue weighted by Gasteiger charge is -2.12. The Morgan fingerprint density at radius 1 is 0.930 bits per heavy atom. The number of rotatable bonds is 10. The van der Waals surface area contributed by atoms with Crippen molar-refractivity contribution in [2.45, 2.75) is 4.90 Å². The summed E-state index contributed by atoms with van der Waals surface area (Å²) in [5.74, 6) is -0.187. The molecule has 1 aromatic heterocycles. The second-order valence-corrected chi connectivity index (χ2v) is 11.6. The number of ether oxygens (including phenoxy) is 1. The van der Waals surface area contributed by atoms with E-state index in [2.05, 4.69) is 20.9 Å². The maximum atomic E-state index is 13.2. The number of thioether (sulfide) groups is 1. The van der Waals surface area contributed by atoms with Crippen molar-refractivity contribution in [2.75, 3.05) is 23.5 Å². The monoisotopic (exact) mass is 628 g/mol. The molecule has 0 aliphatic heterocycles. The van der Waals surface area contributed by atoms with Gasteiger partial charge in [0, 0.05) is 21.2 Å². The summed E-state index contributed by atoms with van der Waals surface area (Å²) in [6, 6.07) is 28.2. The largest absolute Gasteiger partial charge is 0.497 e. The van der Waals surface area contributed by atoms with Gasteiger partial charge in [0.25, 0.3) is 11.8 Å². The number of anilines is 2. The maximum absolute atomic E-state index is 13.2. The van der Waals surface area contributed by atoms with E-state index < -0.39 is 11.8 Å². The summed E-state index contributed by atoms with van der Waals surface area (Å²) in [5.41, 5.74) is 2.44. The highest BCUT2D eigenvalue weighted by Crippen LogP contribution is 2.29. The molecule has 0 unspecified atom stereocenters. The number of amides is 3. The molecule has 0 atom stereocenters. The molecule has 8 nitrogen and oxygen atoms in total. The number of hydrogen-bond acceptors (Lipinski definition) is 7. The standard InChI is InChI=1S/C32H25ClN4O4S2/c1-41-24-12-15-26-28(18-24)43-32(36-26)37-29(38)19-42-25-13-10-23(11-14-25)34-31(40)27(17-20-6-5-9-22(33)16-20)35-30(39)21-7-3-2-4-8-21/h2-18H,19H2,1H3,(H,34,40)(H,35,39)(H,36,37,38)/b27-17-. The Kier molecular flexibility index (Phi) is 9.73. The first kappa shape index (κ1) is 29.8. The Hall–Kier alpha value is -4.64. The van der Waals surface area contributed by atoms with Gasteiger partial charge < -0.3 is 20.7 Å². The molecule has 0 saturated heterocycles. The lowest BCUT2D eigenvalue weighted by atomic mass is 10.1. The van der Waals surface area contributed by atoms with Crippen LogP contribution in [0.2, 0.25) is 5.02 Å². The van der Waals surface area contributed by atoms with Gasteiger partial charge in [-0.3, -0.25) is 14.4 Å². The van der Waals surface area contributed by atoms with E-state index in [0.29, 0.717) is 27.0 Å². The van der Waals surface area contributed by atoms with Crippen LogP contribution in [0.25, 0.3) is 16.3 Å². The number of aromatic nitrogens is 1. The highest BCUT2D eigenvalue weighted by molar-refractivity contribution is 8.00. The third kappa shape index (κ3) is 8.23.